The lowest BCUT2D eigenvalue weighted by Crippen LogP contribution is -2.00. The minimum Gasteiger partial charge on any atom is -0.0620 e. The Morgan fingerprint density at radius 2 is 2.00 bits per heavy atom. The Morgan fingerprint density at radius 3 is 2.90 bits per heavy atom. The molecule has 0 nitrogen and oxygen atoms in total. The molecule has 1 aliphatic carbocycles. The van der Waals surface area contributed by atoms with Crippen molar-refractivity contribution >= 4 is 0 Å². The van der Waals surface area contributed by atoms with E-state index in [-0.39, 0.29) is 12.8 Å². The number of aryl methyl sites for hydroxylation is 2. The topological polar surface area (TPSA) is 0 Å². The summed E-state index contributed by atoms with van der Waals surface area (Å²) >= 11 is 0. The Balaban J connectivity index is 2.42. The minimum atomic E-state index is -0.324. The summed E-state index contributed by atoms with van der Waals surface area (Å²) in [7, 11) is 0. The molecular weight excluding hydrogens is 120 g/mol. The molecule has 0 radical (unpaired) electrons. The molecule has 0 saturated heterocycles. The average Bonchev–Trinajstić information content (AvgIpc) is 2.12. The van der Waals surface area contributed by atoms with Crippen LogP contribution >= 0.6 is 0 Å². The molecule has 0 heteroatoms. The highest BCUT2D eigenvalue weighted by molar-refractivity contribution is 5.28. The number of hydrogen-bond acceptors (Lipinski definition) is 0. The predicted molar refractivity (Wildman–Crippen MR) is 43.1 cm³/mol. The van der Waals surface area contributed by atoms with Crippen molar-refractivity contribution in [1.82, 2.24) is 0 Å². The third-order valence-electron chi connectivity index (χ3n) is 1.93. The second-order valence-electron chi connectivity index (χ2n) is 2.64. The van der Waals surface area contributed by atoms with Gasteiger partial charge in [-0.25, -0.2) is 0 Å². The Labute approximate surface area is 64.7 Å². The van der Waals surface area contributed by atoms with Crippen LogP contribution in [0.4, 0.5) is 0 Å². The van der Waals surface area contributed by atoms with Gasteiger partial charge in [0.25, 0.3) is 0 Å². The Kier molecular flexibility index (Phi) is 1.02. The molecule has 0 fully saturated rings. The van der Waals surface area contributed by atoms with Crippen LogP contribution in [0.1, 0.15) is 26.7 Å². The maximum Gasteiger partial charge on any atom is 0.0316 e. The van der Waals surface area contributed by atoms with Crippen molar-refractivity contribution in [1.29, 1.82) is 0 Å². The highest BCUT2D eigenvalue weighted by atomic mass is 14.1. The molecule has 0 bridgehead atoms. The first-order chi connectivity index (χ1) is 5.79. The molecule has 0 aromatic heterocycles. The fraction of sp³-hybridized carbons (Fsp3) is 0.400. The summed E-state index contributed by atoms with van der Waals surface area (Å²) in [6.07, 6.45) is 1.26. The monoisotopic (exact) mass is 134 g/mol. The summed E-state index contributed by atoms with van der Waals surface area (Å²) in [6, 6.07) is 8.02. The van der Waals surface area contributed by atoms with Crippen LogP contribution in [0.3, 0.4) is 0 Å². The summed E-state index contributed by atoms with van der Waals surface area (Å²) in [4.78, 5) is 0. The molecule has 0 unspecified atom stereocenters. The van der Waals surface area contributed by atoms with E-state index >= 15 is 0 Å². The van der Waals surface area contributed by atoms with Crippen LogP contribution in [-0.4, -0.2) is 0 Å². The van der Waals surface area contributed by atoms with Crippen molar-refractivity contribution in [2.75, 3.05) is 0 Å². The SMILES string of the molecule is [2H][C@@H]1c2ccccc2CC[C@@H]1[2H]. The van der Waals surface area contributed by atoms with Crippen LogP contribution < -0.4 is 0 Å². The molecule has 10 heavy (non-hydrogen) atoms. The standard InChI is InChI=1S/C10H12/c1-2-6-10-8-4-3-7-9(10)5-1/h1-2,5-6H,3-4,7-8H2/i3D,7D/t3-,7-/m0/s1. The summed E-state index contributed by atoms with van der Waals surface area (Å²) < 4.78 is 15.4. The van der Waals surface area contributed by atoms with Crippen molar-refractivity contribution in [3.05, 3.63) is 35.4 Å². The van der Waals surface area contributed by atoms with Crippen LogP contribution in [0.15, 0.2) is 24.3 Å². The fourth-order valence-corrected chi connectivity index (χ4v) is 1.37. The zero-order chi connectivity index (χ0) is 8.55. The van der Waals surface area contributed by atoms with Crippen molar-refractivity contribution in [3.63, 3.8) is 0 Å². The lowest BCUT2D eigenvalue weighted by molar-refractivity contribution is 0.685. The molecule has 0 spiro atoms. The predicted octanol–water partition coefficient (Wildman–Crippen LogP) is 2.57. The van der Waals surface area contributed by atoms with Gasteiger partial charge in [0, 0.05) is 2.74 Å². The van der Waals surface area contributed by atoms with Crippen LogP contribution in [0.2, 0.25) is 0 Å². The van der Waals surface area contributed by atoms with Crippen LogP contribution in [0, 0.1) is 0 Å². The maximum atomic E-state index is 7.77. The Bertz CT molecular complexity index is 283. The third-order valence-corrected chi connectivity index (χ3v) is 1.93. The highest BCUT2D eigenvalue weighted by Gasteiger charge is 2.05. The molecule has 52 valence electrons. The van der Waals surface area contributed by atoms with E-state index in [0.29, 0.717) is 0 Å². The molecule has 0 N–H and O–H groups in total. The Hall–Kier alpha value is -0.780. The van der Waals surface area contributed by atoms with Crippen molar-refractivity contribution in [2.24, 2.45) is 0 Å². The molecule has 0 aliphatic heterocycles. The number of hydrogen-bond donors (Lipinski definition) is 0. The first kappa shape index (κ1) is 4.17. The lowest BCUT2D eigenvalue weighted by atomic mass is 9.92. The van der Waals surface area contributed by atoms with Crippen molar-refractivity contribution < 1.29 is 2.74 Å². The first-order valence-corrected chi connectivity index (χ1v) is 3.71. The fourth-order valence-electron chi connectivity index (χ4n) is 1.37. The van der Waals surface area contributed by atoms with Gasteiger partial charge >= 0.3 is 0 Å². The van der Waals surface area contributed by atoms with E-state index < -0.39 is 0 Å². The molecule has 1 aliphatic rings. The molecule has 0 saturated carbocycles. The molecule has 1 aromatic rings. The summed E-state index contributed by atoms with van der Waals surface area (Å²) in [5.74, 6) is 0. The number of fused-ring (bicyclic) bond motifs is 1. The van der Waals surface area contributed by atoms with E-state index in [2.05, 4.69) is 6.07 Å². The van der Waals surface area contributed by atoms with E-state index in [4.69, 9.17) is 2.74 Å². The molecule has 0 heterocycles. The van der Waals surface area contributed by atoms with Gasteiger partial charge in [0.15, 0.2) is 0 Å². The number of rotatable bonds is 0. The normalized spacial score (nSPS) is 34.0. The maximum absolute atomic E-state index is 7.77. The molecule has 1 aromatic carbocycles. The van der Waals surface area contributed by atoms with E-state index in [1.165, 1.54) is 5.56 Å². The summed E-state index contributed by atoms with van der Waals surface area (Å²) in [6.45, 7) is 0. The lowest BCUT2D eigenvalue weighted by Gasteiger charge is -2.13. The van der Waals surface area contributed by atoms with Gasteiger partial charge in [-0.2, -0.15) is 0 Å². The zero-order valence-electron chi connectivity index (χ0n) is 7.88. The van der Waals surface area contributed by atoms with Crippen molar-refractivity contribution in [2.45, 2.75) is 25.6 Å². The first-order valence-electron chi connectivity index (χ1n) is 4.87. The third kappa shape index (κ3) is 0.942. The van der Waals surface area contributed by atoms with Gasteiger partial charge < -0.3 is 0 Å². The Morgan fingerprint density at radius 1 is 1.20 bits per heavy atom. The van der Waals surface area contributed by atoms with Crippen LogP contribution in [-0.2, 0) is 12.8 Å². The molecular formula is C10H12. The van der Waals surface area contributed by atoms with Gasteiger partial charge in [-0.05, 0) is 36.8 Å². The van der Waals surface area contributed by atoms with Gasteiger partial charge in [-0.3, -0.25) is 0 Å². The summed E-state index contributed by atoms with van der Waals surface area (Å²) in [5, 5.41) is 0. The molecule has 2 atom stereocenters. The van der Waals surface area contributed by atoms with E-state index in [1.54, 1.807) is 0 Å². The van der Waals surface area contributed by atoms with E-state index in [1.807, 2.05) is 18.2 Å². The quantitative estimate of drug-likeness (QED) is 0.511. The number of benzene rings is 1. The van der Waals surface area contributed by atoms with Gasteiger partial charge in [-0.1, -0.05) is 24.3 Å². The second kappa shape index (κ2) is 2.45. The van der Waals surface area contributed by atoms with Gasteiger partial charge in [0.1, 0.15) is 0 Å². The highest BCUT2D eigenvalue weighted by Crippen LogP contribution is 2.19. The van der Waals surface area contributed by atoms with E-state index in [0.717, 1.165) is 18.4 Å². The zero-order valence-corrected chi connectivity index (χ0v) is 5.88. The summed E-state index contributed by atoms with van der Waals surface area (Å²) in [5.41, 5.74) is 2.32. The van der Waals surface area contributed by atoms with Gasteiger partial charge in [0.2, 0.25) is 0 Å². The minimum absolute atomic E-state index is 0.222. The molecule has 2 rings (SSSR count). The van der Waals surface area contributed by atoms with E-state index in [9.17, 15) is 0 Å². The molecule has 0 amide bonds. The second-order valence-corrected chi connectivity index (χ2v) is 2.64. The van der Waals surface area contributed by atoms with Crippen LogP contribution in [0.5, 0.6) is 0 Å². The average molecular weight is 134 g/mol. The smallest absolute Gasteiger partial charge is 0.0316 e. The van der Waals surface area contributed by atoms with Crippen molar-refractivity contribution in [3.8, 4) is 0 Å². The largest absolute Gasteiger partial charge is 0.0620 e. The van der Waals surface area contributed by atoms with Gasteiger partial charge in [-0.15, -0.1) is 0 Å². The van der Waals surface area contributed by atoms with Gasteiger partial charge in [0.05, 0.1) is 0 Å². The van der Waals surface area contributed by atoms with Crippen LogP contribution in [0.25, 0.3) is 0 Å².